The number of hydrogen-bond donors (Lipinski definition) is 0. The Morgan fingerprint density at radius 1 is 0.806 bits per heavy atom. The van der Waals surface area contributed by atoms with E-state index in [9.17, 15) is 4.79 Å². The van der Waals surface area contributed by atoms with Gasteiger partial charge in [0.15, 0.2) is 0 Å². The van der Waals surface area contributed by atoms with Crippen LogP contribution in [0.4, 0.5) is 0 Å². The van der Waals surface area contributed by atoms with Gasteiger partial charge in [0.25, 0.3) is 0 Å². The number of benzene rings is 3. The summed E-state index contributed by atoms with van der Waals surface area (Å²) in [6, 6.07) is 25.9. The van der Waals surface area contributed by atoms with Crippen LogP contribution >= 0.6 is 0 Å². The van der Waals surface area contributed by atoms with Gasteiger partial charge < -0.3 is 9.47 Å². The second-order valence-electron chi connectivity index (χ2n) is 7.97. The Morgan fingerprint density at radius 2 is 1.32 bits per heavy atom. The number of ether oxygens (including phenoxy) is 2. The summed E-state index contributed by atoms with van der Waals surface area (Å²) < 4.78 is 10.7. The Labute approximate surface area is 186 Å². The summed E-state index contributed by atoms with van der Waals surface area (Å²) in [6.45, 7) is 9.07. The second kappa shape index (κ2) is 10.3. The molecule has 0 fully saturated rings. The average Bonchev–Trinajstić information content (AvgIpc) is 2.80. The molecule has 0 amide bonds. The minimum absolute atomic E-state index is 0.235. The monoisotopic (exact) mass is 416 g/mol. The maximum atomic E-state index is 11.5. The van der Waals surface area contributed by atoms with Crippen molar-refractivity contribution >= 4 is 5.97 Å². The van der Waals surface area contributed by atoms with Crippen molar-refractivity contribution < 1.29 is 14.3 Å². The molecule has 3 aromatic carbocycles. The van der Waals surface area contributed by atoms with E-state index in [0.717, 1.165) is 12.2 Å². The molecule has 0 heterocycles. The van der Waals surface area contributed by atoms with Gasteiger partial charge in [0.05, 0.1) is 19.6 Å². The first-order chi connectivity index (χ1) is 15.0. The summed E-state index contributed by atoms with van der Waals surface area (Å²) >= 11 is 0. The Hall–Kier alpha value is -3.07. The van der Waals surface area contributed by atoms with Crippen molar-refractivity contribution in [1.29, 1.82) is 0 Å². The van der Waals surface area contributed by atoms with Gasteiger partial charge in [-0.05, 0) is 61.6 Å². The Bertz CT molecular complexity index is 972. The first-order valence-corrected chi connectivity index (χ1v) is 11.0. The molecule has 1 atom stereocenters. The van der Waals surface area contributed by atoms with E-state index < -0.39 is 0 Å². The quantitative estimate of drug-likeness (QED) is 0.306. The summed E-state index contributed by atoms with van der Waals surface area (Å²) in [4.78, 5) is 11.5. The molecule has 0 saturated carbocycles. The Balaban J connectivity index is 1.88. The van der Waals surface area contributed by atoms with E-state index in [0.29, 0.717) is 13.2 Å². The average molecular weight is 417 g/mol. The maximum Gasteiger partial charge on any atom is 0.309 e. The van der Waals surface area contributed by atoms with Crippen LogP contribution in [0.3, 0.4) is 0 Å². The summed E-state index contributed by atoms with van der Waals surface area (Å²) in [5.74, 6) is 0.516. The molecule has 0 aliphatic heterocycles. The first-order valence-electron chi connectivity index (χ1n) is 11.0. The van der Waals surface area contributed by atoms with Crippen LogP contribution in [0.15, 0.2) is 72.8 Å². The van der Waals surface area contributed by atoms with Crippen molar-refractivity contribution in [2.75, 3.05) is 13.2 Å². The molecule has 3 nitrogen and oxygen atoms in total. The van der Waals surface area contributed by atoms with E-state index in [4.69, 9.17) is 9.47 Å². The molecule has 0 bridgehead atoms. The lowest BCUT2D eigenvalue weighted by atomic mass is 9.71. The van der Waals surface area contributed by atoms with E-state index in [2.05, 4.69) is 81.4 Å². The van der Waals surface area contributed by atoms with Crippen LogP contribution in [0, 0.1) is 6.92 Å². The molecule has 0 aliphatic carbocycles. The molecule has 3 rings (SSSR count). The van der Waals surface area contributed by atoms with Crippen molar-refractivity contribution in [3.8, 4) is 5.75 Å². The predicted molar refractivity (Wildman–Crippen MR) is 126 cm³/mol. The van der Waals surface area contributed by atoms with Gasteiger partial charge in [-0.2, -0.15) is 0 Å². The Morgan fingerprint density at radius 3 is 1.84 bits per heavy atom. The molecule has 0 aromatic heterocycles. The molecule has 0 N–H and O–H groups in total. The third kappa shape index (κ3) is 5.35. The molecule has 3 heteroatoms. The molecule has 31 heavy (non-hydrogen) atoms. The lowest BCUT2D eigenvalue weighted by Crippen LogP contribution is -2.25. The van der Waals surface area contributed by atoms with Crippen LogP contribution in [0.25, 0.3) is 0 Å². The van der Waals surface area contributed by atoms with Gasteiger partial charge in [0, 0.05) is 5.41 Å². The predicted octanol–water partition coefficient (Wildman–Crippen LogP) is 6.24. The standard InChI is InChI=1S/C28H32O3/c1-5-22-9-13-24(14-10-22)28(4,23-11-7-21(3)8-12-23)25-15-17-26(18-16-25)31-20-19-27(29)30-6-2/h7-18H,5-6,19-20H2,1-4H3/t28-/m0/s1. The SMILES string of the molecule is CCOC(=O)CCOc1ccc([C@@](C)(c2ccc(C)cc2)c2ccc(CC)cc2)cc1. The minimum atomic E-state index is -0.288. The Kier molecular flexibility index (Phi) is 7.51. The van der Waals surface area contributed by atoms with Crippen LogP contribution in [-0.2, 0) is 21.4 Å². The zero-order valence-electron chi connectivity index (χ0n) is 19.0. The fraction of sp³-hybridized carbons (Fsp3) is 0.321. The number of hydrogen-bond acceptors (Lipinski definition) is 3. The largest absolute Gasteiger partial charge is 0.493 e. The van der Waals surface area contributed by atoms with Crippen molar-refractivity contribution in [3.05, 3.63) is 101 Å². The smallest absolute Gasteiger partial charge is 0.309 e. The zero-order chi connectivity index (χ0) is 22.3. The molecular formula is C28H32O3. The highest BCUT2D eigenvalue weighted by Crippen LogP contribution is 2.39. The fourth-order valence-corrected chi connectivity index (χ4v) is 3.83. The fourth-order valence-electron chi connectivity index (χ4n) is 3.83. The van der Waals surface area contributed by atoms with Gasteiger partial charge in [-0.25, -0.2) is 0 Å². The maximum absolute atomic E-state index is 11.5. The molecule has 162 valence electrons. The van der Waals surface area contributed by atoms with Crippen molar-refractivity contribution in [1.82, 2.24) is 0 Å². The summed E-state index contributed by atoms with van der Waals surface area (Å²) in [5.41, 5.74) is 5.99. The van der Waals surface area contributed by atoms with Crippen LogP contribution in [0.1, 0.15) is 55.0 Å². The normalized spacial score (nSPS) is 12.8. The number of carbonyl (C=O) groups is 1. The van der Waals surface area contributed by atoms with E-state index in [1.807, 2.05) is 12.1 Å². The van der Waals surface area contributed by atoms with E-state index in [1.54, 1.807) is 6.92 Å². The van der Waals surface area contributed by atoms with Crippen molar-refractivity contribution in [3.63, 3.8) is 0 Å². The molecule has 0 aliphatic rings. The summed E-state index contributed by atoms with van der Waals surface area (Å²) in [6.07, 6.45) is 1.28. The lowest BCUT2D eigenvalue weighted by molar-refractivity contribution is -0.143. The lowest BCUT2D eigenvalue weighted by Gasteiger charge is -2.32. The highest BCUT2D eigenvalue weighted by molar-refractivity contribution is 5.69. The van der Waals surface area contributed by atoms with Gasteiger partial charge >= 0.3 is 5.97 Å². The number of rotatable bonds is 9. The zero-order valence-corrected chi connectivity index (χ0v) is 19.0. The third-order valence-electron chi connectivity index (χ3n) is 5.88. The van der Waals surface area contributed by atoms with Crippen LogP contribution in [-0.4, -0.2) is 19.2 Å². The first kappa shape index (κ1) is 22.6. The van der Waals surface area contributed by atoms with E-state index >= 15 is 0 Å². The minimum Gasteiger partial charge on any atom is -0.493 e. The number of esters is 1. The van der Waals surface area contributed by atoms with Crippen molar-refractivity contribution in [2.45, 2.75) is 46.0 Å². The van der Waals surface area contributed by atoms with Gasteiger partial charge in [-0.15, -0.1) is 0 Å². The molecule has 3 aromatic rings. The van der Waals surface area contributed by atoms with Crippen molar-refractivity contribution in [2.24, 2.45) is 0 Å². The summed E-state index contributed by atoms with van der Waals surface area (Å²) in [7, 11) is 0. The van der Waals surface area contributed by atoms with Crippen LogP contribution in [0.5, 0.6) is 5.75 Å². The molecule has 0 spiro atoms. The van der Waals surface area contributed by atoms with E-state index in [-0.39, 0.29) is 17.8 Å². The molecule has 0 unspecified atom stereocenters. The summed E-state index contributed by atoms with van der Waals surface area (Å²) in [5, 5.41) is 0. The second-order valence-corrected chi connectivity index (χ2v) is 7.97. The topological polar surface area (TPSA) is 35.5 Å². The van der Waals surface area contributed by atoms with Gasteiger partial charge in [-0.1, -0.05) is 73.2 Å². The van der Waals surface area contributed by atoms with Gasteiger partial charge in [0.2, 0.25) is 0 Å². The van der Waals surface area contributed by atoms with Gasteiger partial charge in [-0.3, -0.25) is 4.79 Å². The molecule has 0 radical (unpaired) electrons. The highest BCUT2D eigenvalue weighted by atomic mass is 16.5. The van der Waals surface area contributed by atoms with Gasteiger partial charge in [0.1, 0.15) is 5.75 Å². The molecular weight excluding hydrogens is 384 g/mol. The van der Waals surface area contributed by atoms with Crippen LogP contribution < -0.4 is 4.74 Å². The number of aryl methyl sites for hydroxylation is 2. The third-order valence-corrected chi connectivity index (χ3v) is 5.88. The molecule has 0 saturated heterocycles. The highest BCUT2D eigenvalue weighted by Gasteiger charge is 2.31. The van der Waals surface area contributed by atoms with E-state index in [1.165, 1.54) is 27.8 Å². The number of carbonyl (C=O) groups excluding carboxylic acids is 1. The van der Waals surface area contributed by atoms with Crippen LogP contribution in [0.2, 0.25) is 0 Å².